The van der Waals surface area contributed by atoms with Gasteiger partial charge in [-0.1, -0.05) is 0 Å². The van der Waals surface area contributed by atoms with Crippen LogP contribution in [0.4, 0.5) is 0 Å². The average Bonchev–Trinajstić information content (AvgIpc) is 0. The molecule has 0 aliphatic heterocycles. The normalized spacial score (nSPS) is 0. The van der Waals surface area contributed by atoms with Crippen LogP contribution in [-0.2, 0) is 20.4 Å². The maximum Gasteiger partial charge on any atom is 0 e. The third-order valence-electron chi connectivity index (χ3n) is 0. The van der Waals surface area contributed by atoms with Crippen molar-refractivity contribution in [1.82, 2.24) is 0 Å². The Labute approximate surface area is 78.2 Å². The number of hydrogen-bond acceptors (Lipinski definition) is 0. The first-order chi connectivity index (χ1) is 0. The van der Waals surface area contributed by atoms with Gasteiger partial charge in [0.15, 0.2) is 0 Å². The molecule has 0 aromatic carbocycles. The Bertz CT molecular complexity index is 10.8. The van der Waals surface area contributed by atoms with Crippen LogP contribution in [0, 0.1) is 0 Å². The van der Waals surface area contributed by atoms with E-state index < -0.39 is 0 Å². The van der Waals surface area contributed by atoms with Crippen LogP contribution in [-0.4, -0.2) is 46.0 Å². The number of rotatable bonds is 0. The Hall–Kier alpha value is 1.83. The molecule has 0 aromatic rings. The number of halogens is 1. The molecule has 44 valence electrons. The smallest absolute Gasteiger partial charge is 0 e. The summed E-state index contributed by atoms with van der Waals surface area (Å²) in [5.41, 5.74) is 0. The van der Waals surface area contributed by atoms with Crippen molar-refractivity contribution < 1.29 is 36.9 Å². The SMILES string of the molecule is Cl.O.O.O.[NaH].[Pd]. The molecule has 0 unspecified atom stereocenters. The molecule has 0 rings (SSSR count). The Morgan fingerprint density at radius 3 is 0.667 bits per heavy atom. The van der Waals surface area contributed by atoms with E-state index in [4.69, 9.17) is 0 Å². The molecule has 6 heteroatoms. The van der Waals surface area contributed by atoms with Crippen LogP contribution < -0.4 is 0 Å². The minimum Gasteiger partial charge on any atom is 0 e. The fourth-order valence-electron chi connectivity index (χ4n) is 0. The zero-order valence-electron chi connectivity index (χ0n) is 2.22. The standard InChI is InChI=1S/ClH.Na.3H2O.Pd.H/h1H;;3*1H2;;. The minimum atomic E-state index is 0. The minimum absolute atomic E-state index is 0. The molecule has 0 aliphatic carbocycles. The van der Waals surface area contributed by atoms with Crippen LogP contribution in [0.3, 0.4) is 0 Å². The van der Waals surface area contributed by atoms with Gasteiger partial charge in [-0.3, -0.25) is 0 Å². The van der Waals surface area contributed by atoms with Gasteiger partial charge in [-0.2, -0.15) is 0 Å². The molecule has 3 nitrogen and oxygen atoms in total. The van der Waals surface area contributed by atoms with E-state index in [1.807, 2.05) is 0 Å². The van der Waals surface area contributed by atoms with E-state index in [0.717, 1.165) is 0 Å². The Balaban J connectivity index is 0. The average molecular weight is 221 g/mol. The Kier molecular flexibility index (Phi) is 1260. The summed E-state index contributed by atoms with van der Waals surface area (Å²) < 4.78 is 0. The van der Waals surface area contributed by atoms with Crippen LogP contribution in [0.25, 0.3) is 0 Å². The van der Waals surface area contributed by atoms with Crippen molar-refractivity contribution in [1.29, 1.82) is 0 Å². The van der Waals surface area contributed by atoms with E-state index in [1.165, 1.54) is 0 Å². The third-order valence-corrected chi connectivity index (χ3v) is 0. The van der Waals surface area contributed by atoms with Gasteiger partial charge in [0.05, 0.1) is 0 Å². The number of hydrogen-bond donors (Lipinski definition) is 0. The molecule has 6 heavy (non-hydrogen) atoms. The van der Waals surface area contributed by atoms with E-state index in [9.17, 15) is 0 Å². The summed E-state index contributed by atoms with van der Waals surface area (Å²) in [6.07, 6.45) is 0. The predicted octanol–water partition coefficient (Wildman–Crippen LogP) is -2.70. The summed E-state index contributed by atoms with van der Waals surface area (Å²) in [5, 5.41) is 0. The monoisotopic (exact) mass is 220 g/mol. The van der Waals surface area contributed by atoms with Gasteiger partial charge < -0.3 is 16.4 Å². The van der Waals surface area contributed by atoms with Crippen molar-refractivity contribution in [3.05, 3.63) is 0 Å². The molecular formula is H8ClNaO3Pd. The molecule has 0 saturated carbocycles. The second kappa shape index (κ2) is 69.2. The van der Waals surface area contributed by atoms with E-state index >= 15 is 0 Å². The fourth-order valence-corrected chi connectivity index (χ4v) is 0. The van der Waals surface area contributed by atoms with Gasteiger partial charge >= 0.3 is 29.6 Å². The van der Waals surface area contributed by atoms with E-state index in [-0.39, 0.29) is 78.8 Å². The maximum absolute atomic E-state index is 0. The molecule has 0 fully saturated rings. The van der Waals surface area contributed by atoms with Crippen LogP contribution in [0.15, 0.2) is 0 Å². The van der Waals surface area contributed by atoms with Crippen molar-refractivity contribution in [3.8, 4) is 0 Å². The molecule has 0 atom stereocenters. The van der Waals surface area contributed by atoms with Crippen molar-refractivity contribution in [2.75, 3.05) is 0 Å². The summed E-state index contributed by atoms with van der Waals surface area (Å²) >= 11 is 0. The van der Waals surface area contributed by atoms with Gasteiger partial charge in [0.1, 0.15) is 0 Å². The molecule has 0 amide bonds. The molecule has 0 aromatic heterocycles. The van der Waals surface area contributed by atoms with E-state index in [2.05, 4.69) is 0 Å². The summed E-state index contributed by atoms with van der Waals surface area (Å²) in [7, 11) is 0. The van der Waals surface area contributed by atoms with Gasteiger partial charge in [-0.05, 0) is 0 Å². The van der Waals surface area contributed by atoms with Gasteiger partial charge in [-0.25, -0.2) is 0 Å². The van der Waals surface area contributed by atoms with Crippen LogP contribution in [0.5, 0.6) is 0 Å². The predicted molar refractivity (Wildman–Crippen MR) is 25.2 cm³/mol. The van der Waals surface area contributed by atoms with Crippen LogP contribution in [0.1, 0.15) is 0 Å². The first-order valence-corrected chi connectivity index (χ1v) is 0. The van der Waals surface area contributed by atoms with E-state index in [1.54, 1.807) is 0 Å². The zero-order valence-corrected chi connectivity index (χ0v) is 4.60. The molecule has 0 bridgehead atoms. The van der Waals surface area contributed by atoms with Gasteiger partial charge in [0.25, 0.3) is 0 Å². The first kappa shape index (κ1) is 109. The second-order valence-corrected chi connectivity index (χ2v) is 0. The maximum atomic E-state index is 0. The second-order valence-electron chi connectivity index (χ2n) is 0. The van der Waals surface area contributed by atoms with Crippen LogP contribution in [0.2, 0.25) is 0 Å². The fraction of sp³-hybridized carbons (Fsp3) is 0. The molecule has 0 saturated heterocycles. The molecule has 0 spiro atoms. The topological polar surface area (TPSA) is 94.5 Å². The van der Waals surface area contributed by atoms with Crippen LogP contribution >= 0.6 is 12.4 Å². The Morgan fingerprint density at radius 2 is 0.667 bits per heavy atom. The van der Waals surface area contributed by atoms with Crippen molar-refractivity contribution in [2.45, 2.75) is 0 Å². The summed E-state index contributed by atoms with van der Waals surface area (Å²) in [6, 6.07) is 0. The summed E-state index contributed by atoms with van der Waals surface area (Å²) in [4.78, 5) is 0. The largest absolute Gasteiger partial charge is 0 e. The van der Waals surface area contributed by atoms with Gasteiger partial charge in [-0.15, -0.1) is 12.4 Å². The summed E-state index contributed by atoms with van der Waals surface area (Å²) in [6.45, 7) is 0. The van der Waals surface area contributed by atoms with Crippen molar-refractivity contribution in [2.24, 2.45) is 0 Å². The molecule has 0 aliphatic rings. The molecule has 6 N–H and O–H groups in total. The summed E-state index contributed by atoms with van der Waals surface area (Å²) in [5.74, 6) is 0. The van der Waals surface area contributed by atoms with Crippen molar-refractivity contribution in [3.63, 3.8) is 0 Å². The third kappa shape index (κ3) is 40.6. The quantitative estimate of drug-likeness (QED) is 0.398. The Morgan fingerprint density at radius 1 is 0.667 bits per heavy atom. The van der Waals surface area contributed by atoms with Gasteiger partial charge in [0, 0.05) is 20.4 Å². The molecular weight excluding hydrogens is 213 g/mol. The molecule has 0 heterocycles. The first-order valence-electron chi connectivity index (χ1n) is 0. The van der Waals surface area contributed by atoms with Gasteiger partial charge in [0.2, 0.25) is 0 Å². The zero-order chi connectivity index (χ0) is 0. The van der Waals surface area contributed by atoms with Crippen molar-refractivity contribution >= 4 is 42.0 Å². The molecule has 0 radical (unpaired) electrons. The van der Waals surface area contributed by atoms with E-state index in [0.29, 0.717) is 0 Å².